The summed E-state index contributed by atoms with van der Waals surface area (Å²) >= 11 is 6.88. The Labute approximate surface area is 236 Å². The van der Waals surface area contributed by atoms with Gasteiger partial charge in [-0.05, 0) is 66.7 Å². The molecule has 0 N–H and O–H groups in total. The molecule has 0 radical (unpaired) electrons. The molecule has 6 aromatic carbocycles. The molecule has 190 valence electrons. The van der Waals surface area contributed by atoms with Crippen LogP contribution < -0.4 is 4.90 Å². The van der Waals surface area contributed by atoms with Crippen molar-refractivity contribution in [3.63, 3.8) is 0 Å². The first kappa shape index (κ1) is 22.9. The summed E-state index contributed by atoms with van der Waals surface area (Å²) in [6.45, 7) is 0. The summed E-state index contributed by atoms with van der Waals surface area (Å²) < 4.78 is 8.77. The molecule has 0 aliphatic heterocycles. The average molecular weight is 535 g/mol. The number of nitrogens with zero attached hydrogens (tertiary/aromatic N) is 2. The molecule has 0 unspecified atom stereocenters. The molecule has 0 fully saturated rings. The molecule has 40 heavy (non-hydrogen) atoms. The van der Waals surface area contributed by atoms with Crippen molar-refractivity contribution in [1.82, 2.24) is 4.57 Å². The van der Waals surface area contributed by atoms with Crippen LogP contribution in [-0.4, -0.2) is 4.57 Å². The van der Waals surface area contributed by atoms with Gasteiger partial charge in [-0.2, -0.15) is 0 Å². The first-order chi connectivity index (χ1) is 19.8. The number of hydrogen-bond donors (Lipinski definition) is 0. The monoisotopic (exact) mass is 534 g/mol. The summed E-state index contributed by atoms with van der Waals surface area (Å²) in [6.07, 6.45) is 0. The van der Waals surface area contributed by atoms with Crippen LogP contribution in [0.25, 0.3) is 49.4 Å². The number of rotatable bonds is 4. The third-order valence-electron chi connectivity index (χ3n) is 7.59. The molecular weight excluding hydrogens is 512 g/mol. The van der Waals surface area contributed by atoms with Gasteiger partial charge in [-0.15, -0.1) is 0 Å². The van der Waals surface area contributed by atoms with Crippen LogP contribution in [0.1, 0.15) is 0 Å². The van der Waals surface area contributed by atoms with Gasteiger partial charge < -0.3 is 13.9 Å². The number of aromatic nitrogens is 1. The minimum absolute atomic E-state index is 0.667. The second kappa shape index (κ2) is 9.04. The van der Waals surface area contributed by atoms with E-state index in [0.717, 1.165) is 66.5 Å². The number of fused-ring (bicyclic) bond motifs is 7. The van der Waals surface area contributed by atoms with Gasteiger partial charge in [0, 0.05) is 43.9 Å². The molecule has 0 saturated heterocycles. The lowest BCUT2D eigenvalue weighted by atomic mass is 10.1. The zero-order chi connectivity index (χ0) is 26.6. The lowest BCUT2D eigenvalue weighted by Gasteiger charge is -2.26. The van der Waals surface area contributed by atoms with Crippen LogP contribution in [0.2, 0.25) is 5.02 Å². The number of furan rings is 1. The maximum absolute atomic E-state index is 6.88. The van der Waals surface area contributed by atoms with Gasteiger partial charge in [0.15, 0.2) is 0 Å². The van der Waals surface area contributed by atoms with Gasteiger partial charge in [0.2, 0.25) is 0 Å². The van der Waals surface area contributed by atoms with Crippen LogP contribution in [0.4, 0.5) is 17.1 Å². The highest BCUT2D eigenvalue weighted by Crippen LogP contribution is 2.42. The van der Waals surface area contributed by atoms with E-state index in [2.05, 4.69) is 113 Å². The van der Waals surface area contributed by atoms with E-state index in [-0.39, 0.29) is 0 Å². The largest absolute Gasteiger partial charge is 0.455 e. The fourth-order valence-electron chi connectivity index (χ4n) is 5.93. The first-order valence-corrected chi connectivity index (χ1v) is 13.7. The maximum Gasteiger partial charge on any atom is 0.145 e. The van der Waals surface area contributed by atoms with Crippen molar-refractivity contribution in [3.8, 4) is 5.69 Å². The summed E-state index contributed by atoms with van der Waals surface area (Å²) in [5.74, 6) is 0. The number of para-hydroxylation sites is 4. The van der Waals surface area contributed by atoms with Crippen molar-refractivity contribution >= 4 is 72.4 Å². The molecule has 3 nitrogen and oxygen atoms in total. The summed E-state index contributed by atoms with van der Waals surface area (Å²) in [5, 5.41) is 5.17. The highest BCUT2D eigenvalue weighted by atomic mass is 35.5. The van der Waals surface area contributed by atoms with Crippen LogP contribution in [0.3, 0.4) is 0 Å². The van der Waals surface area contributed by atoms with Gasteiger partial charge in [-0.3, -0.25) is 0 Å². The highest BCUT2D eigenvalue weighted by Gasteiger charge is 2.20. The Bertz CT molecular complexity index is 2140. The van der Waals surface area contributed by atoms with Gasteiger partial charge in [0.25, 0.3) is 0 Å². The minimum Gasteiger partial charge on any atom is -0.455 e. The molecule has 2 aromatic heterocycles. The predicted molar refractivity (Wildman–Crippen MR) is 168 cm³/mol. The van der Waals surface area contributed by atoms with Crippen LogP contribution in [0, 0.1) is 0 Å². The van der Waals surface area contributed by atoms with Crippen molar-refractivity contribution in [2.45, 2.75) is 0 Å². The minimum atomic E-state index is 0.667. The van der Waals surface area contributed by atoms with Gasteiger partial charge >= 0.3 is 0 Å². The van der Waals surface area contributed by atoms with E-state index in [1.165, 1.54) is 0 Å². The zero-order valence-corrected chi connectivity index (χ0v) is 22.2. The van der Waals surface area contributed by atoms with E-state index in [1.54, 1.807) is 0 Å². The lowest BCUT2D eigenvalue weighted by Crippen LogP contribution is -2.10. The molecule has 0 atom stereocenters. The third-order valence-corrected chi connectivity index (χ3v) is 7.81. The summed E-state index contributed by atoms with van der Waals surface area (Å²) in [6, 6.07) is 48.1. The molecule has 0 aliphatic rings. The van der Waals surface area contributed by atoms with E-state index >= 15 is 0 Å². The first-order valence-electron chi connectivity index (χ1n) is 13.3. The standard InChI is InChI=1S/C36H23ClN2O/c37-24-21-27(38(25-11-3-1-4-12-25)26-13-5-2-6-14-26)23-28(22-24)39-32-17-9-7-16-31(32)35-33(39)20-19-30-29-15-8-10-18-34(29)40-36(30)35/h1-23H. The smallest absolute Gasteiger partial charge is 0.145 e. The van der Waals surface area contributed by atoms with Crippen molar-refractivity contribution in [1.29, 1.82) is 0 Å². The van der Waals surface area contributed by atoms with Crippen molar-refractivity contribution in [2.24, 2.45) is 0 Å². The molecule has 8 aromatic rings. The van der Waals surface area contributed by atoms with Gasteiger partial charge in [0.05, 0.1) is 16.4 Å². The van der Waals surface area contributed by atoms with Crippen LogP contribution in [0.5, 0.6) is 0 Å². The van der Waals surface area contributed by atoms with Crippen molar-refractivity contribution < 1.29 is 4.42 Å². The molecule has 8 rings (SSSR count). The molecule has 2 heterocycles. The van der Waals surface area contributed by atoms with Crippen LogP contribution in [0.15, 0.2) is 144 Å². The normalized spacial score (nSPS) is 11.6. The quantitative estimate of drug-likeness (QED) is 0.224. The van der Waals surface area contributed by atoms with E-state index in [1.807, 2.05) is 36.4 Å². The van der Waals surface area contributed by atoms with E-state index in [9.17, 15) is 0 Å². The highest BCUT2D eigenvalue weighted by molar-refractivity contribution is 6.31. The molecule has 0 saturated carbocycles. The Balaban J connectivity index is 1.42. The Hall–Kier alpha value is -4.99. The van der Waals surface area contributed by atoms with E-state index < -0.39 is 0 Å². The van der Waals surface area contributed by atoms with Gasteiger partial charge in [-0.25, -0.2) is 0 Å². The average Bonchev–Trinajstić information content (AvgIpc) is 3.54. The second-order valence-electron chi connectivity index (χ2n) is 9.96. The Kier molecular flexibility index (Phi) is 5.19. The molecule has 0 amide bonds. The van der Waals surface area contributed by atoms with Gasteiger partial charge in [-0.1, -0.05) is 84.4 Å². The molecule has 4 heteroatoms. The van der Waals surface area contributed by atoms with E-state index in [4.69, 9.17) is 16.0 Å². The second-order valence-corrected chi connectivity index (χ2v) is 10.4. The summed E-state index contributed by atoms with van der Waals surface area (Å²) in [7, 11) is 0. The van der Waals surface area contributed by atoms with E-state index in [0.29, 0.717) is 5.02 Å². The fourth-order valence-corrected chi connectivity index (χ4v) is 6.16. The van der Waals surface area contributed by atoms with Crippen molar-refractivity contribution in [2.75, 3.05) is 4.90 Å². The molecule has 0 spiro atoms. The molecular formula is C36H23ClN2O. The van der Waals surface area contributed by atoms with Crippen LogP contribution in [-0.2, 0) is 0 Å². The lowest BCUT2D eigenvalue weighted by molar-refractivity contribution is 0.673. The predicted octanol–water partition coefficient (Wildman–Crippen LogP) is 10.8. The fraction of sp³-hybridized carbons (Fsp3) is 0. The van der Waals surface area contributed by atoms with Crippen molar-refractivity contribution in [3.05, 3.63) is 145 Å². The zero-order valence-electron chi connectivity index (χ0n) is 21.5. The molecule has 0 bridgehead atoms. The number of benzene rings is 6. The maximum atomic E-state index is 6.88. The third kappa shape index (κ3) is 3.52. The SMILES string of the molecule is Clc1cc(N(c2ccccc2)c2ccccc2)cc(-n2c3ccccc3c3c4oc5ccccc5c4ccc32)c1. The topological polar surface area (TPSA) is 21.3 Å². The Morgan fingerprint density at radius 1 is 0.525 bits per heavy atom. The summed E-state index contributed by atoms with van der Waals surface area (Å²) in [5.41, 5.74) is 8.08. The Morgan fingerprint density at radius 2 is 1.18 bits per heavy atom. The Morgan fingerprint density at radius 3 is 1.93 bits per heavy atom. The number of hydrogen-bond acceptors (Lipinski definition) is 2. The molecule has 0 aliphatic carbocycles. The number of halogens is 1. The summed E-state index contributed by atoms with van der Waals surface area (Å²) in [4.78, 5) is 2.24. The van der Waals surface area contributed by atoms with Crippen LogP contribution >= 0.6 is 11.6 Å². The van der Waals surface area contributed by atoms with Gasteiger partial charge in [0.1, 0.15) is 11.2 Å². The number of anilines is 3.